The first-order valence-corrected chi connectivity index (χ1v) is 12.8. The minimum atomic E-state index is -0.282. The Morgan fingerprint density at radius 1 is 0.974 bits per heavy atom. The summed E-state index contributed by atoms with van der Waals surface area (Å²) in [5, 5.41) is 13.7. The lowest BCUT2D eigenvalue weighted by Crippen LogP contribution is -2.32. The monoisotopic (exact) mass is 510 g/mol. The number of aromatic amines is 1. The summed E-state index contributed by atoms with van der Waals surface area (Å²) in [6, 6.07) is 22.5. The quantitative estimate of drug-likeness (QED) is 0.284. The molecule has 2 aromatic heterocycles. The van der Waals surface area contributed by atoms with Crippen LogP contribution < -0.4 is 5.56 Å². The van der Waals surface area contributed by atoms with Gasteiger partial charge in [-0.3, -0.25) is 9.69 Å². The van der Waals surface area contributed by atoms with E-state index in [9.17, 15) is 9.18 Å². The van der Waals surface area contributed by atoms with Crippen molar-refractivity contribution in [2.24, 2.45) is 0 Å². The number of benzene rings is 3. The fourth-order valence-electron chi connectivity index (χ4n) is 5.09. The molecule has 1 N–H and O–H groups in total. The molecule has 194 valence electrons. The zero-order valence-corrected chi connectivity index (χ0v) is 21.9. The second-order valence-corrected chi connectivity index (χ2v) is 9.81. The zero-order valence-electron chi connectivity index (χ0n) is 21.9. The maximum Gasteiger partial charge on any atom is 0.252 e. The number of fused-ring (bicyclic) bond motifs is 1. The van der Waals surface area contributed by atoms with Crippen molar-refractivity contribution in [2.45, 2.75) is 52.9 Å². The number of hydrogen-bond donors (Lipinski definition) is 1. The van der Waals surface area contributed by atoms with Crippen LogP contribution in [0.4, 0.5) is 4.39 Å². The molecule has 0 bridgehead atoms. The van der Waals surface area contributed by atoms with Crippen molar-refractivity contribution in [1.29, 1.82) is 0 Å². The number of halogens is 1. The Labute approximate surface area is 220 Å². The van der Waals surface area contributed by atoms with E-state index in [1.165, 1.54) is 12.1 Å². The third kappa shape index (κ3) is 5.55. The molecule has 0 amide bonds. The van der Waals surface area contributed by atoms with Crippen LogP contribution in [-0.2, 0) is 19.6 Å². The highest BCUT2D eigenvalue weighted by Crippen LogP contribution is 2.27. The molecular formula is C30H31FN6O. The summed E-state index contributed by atoms with van der Waals surface area (Å²) in [5.41, 5.74) is 5.61. The molecule has 8 heteroatoms. The van der Waals surface area contributed by atoms with Gasteiger partial charge < -0.3 is 4.98 Å². The predicted molar refractivity (Wildman–Crippen MR) is 146 cm³/mol. The van der Waals surface area contributed by atoms with E-state index in [1.54, 1.807) is 12.1 Å². The number of nitrogens with zero attached hydrogens (tertiary/aromatic N) is 5. The summed E-state index contributed by atoms with van der Waals surface area (Å²) in [6.07, 6.45) is 0.722. The summed E-state index contributed by atoms with van der Waals surface area (Å²) in [6.45, 7) is 7.57. The number of aryl methyl sites for hydroxylation is 2. The highest BCUT2D eigenvalue weighted by atomic mass is 19.1. The van der Waals surface area contributed by atoms with E-state index in [1.807, 2.05) is 48.0 Å². The van der Waals surface area contributed by atoms with Crippen molar-refractivity contribution in [1.82, 2.24) is 30.1 Å². The van der Waals surface area contributed by atoms with Gasteiger partial charge in [0.2, 0.25) is 0 Å². The fraction of sp³-hybridized carbons (Fsp3) is 0.267. The second kappa shape index (κ2) is 11.1. The Bertz CT molecular complexity index is 1590. The van der Waals surface area contributed by atoms with Crippen LogP contribution in [0.3, 0.4) is 0 Å². The molecule has 0 saturated heterocycles. The molecule has 0 radical (unpaired) electrons. The number of tetrazole rings is 1. The molecule has 0 saturated carbocycles. The lowest BCUT2D eigenvalue weighted by Gasteiger charge is -2.30. The zero-order chi connectivity index (χ0) is 26.6. The Morgan fingerprint density at radius 2 is 1.74 bits per heavy atom. The molecule has 0 aliphatic heterocycles. The number of H-pyrrole nitrogens is 1. The SMILES string of the molecule is CC[C@@H](c1nnnn1Cc1ccccc1)N(Cc1ccc(F)cc1)Cc1cc2cc(C)cc(C)c2[nH]c1=O. The Balaban J connectivity index is 1.54. The standard InChI is InChI=1S/C30H31FN6O/c1-4-27(29-33-34-35-37(29)18-22-8-6-5-7-9-22)36(17-23-10-12-26(31)13-11-23)19-25-16-24-15-20(2)14-21(3)28(24)32-30(25)38/h5-16,27H,4,17-19H2,1-3H3,(H,32,38)/t27-/m0/s1. The van der Waals surface area contributed by atoms with Gasteiger partial charge >= 0.3 is 0 Å². The van der Waals surface area contributed by atoms with E-state index in [2.05, 4.69) is 51.4 Å². The molecule has 1 atom stereocenters. The molecule has 0 fully saturated rings. The molecule has 0 unspecified atom stereocenters. The van der Waals surface area contributed by atoms with Crippen molar-refractivity contribution in [2.75, 3.05) is 0 Å². The highest BCUT2D eigenvalue weighted by molar-refractivity contribution is 5.82. The summed E-state index contributed by atoms with van der Waals surface area (Å²) < 4.78 is 15.5. The molecule has 2 heterocycles. The molecule has 5 rings (SSSR count). The van der Waals surface area contributed by atoms with Gasteiger partial charge in [0.15, 0.2) is 5.82 Å². The predicted octanol–water partition coefficient (Wildman–Crippen LogP) is 5.47. The minimum Gasteiger partial charge on any atom is -0.321 e. The Morgan fingerprint density at radius 3 is 2.47 bits per heavy atom. The number of aromatic nitrogens is 5. The van der Waals surface area contributed by atoms with Crippen LogP contribution in [-0.4, -0.2) is 30.1 Å². The molecule has 38 heavy (non-hydrogen) atoms. The Kier molecular flexibility index (Phi) is 7.42. The molecule has 3 aromatic carbocycles. The first kappa shape index (κ1) is 25.5. The van der Waals surface area contributed by atoms with Gasteiger partial charge in [-0.1, -0.05) is 61.0 Å². The number of rotatable bonds is 9. The summed E-state index contributed by atoms with van der Waals surface area (Å²) in [5.74, 6) is 0.443. The van der Waals surface area contributed by atoms with E-state index in [0.29, 0.717) is 25.2 Å². The van der Waals surface area contributed by atoms with Crippen LogP contribution in [0.25, 0.3) is 10.9 Å². The van der Waals surface area contributed by atoms with Gasteiger partial charge in [0.1, 0.15) is 5.82 Å². The van der Waals surface area contributed by atoms with E-state index in [4.69, 9.17) is 0 Å². The van der Waals surface area contributed by atoms with Gasteiger partial charge in [-0.05, 0) is 77.0 Å². The highest BCUT2D eigenvalue weighted by Gasteiger charge is 2.26. The third-order valence-electron chi connectivity index (χ3n) is 6.90. The molecule has 5 aromatic rings. The lowest BCUT2D eigenvalue weighted by atomic mass is 10.0. The average Bonchev–Trinajstić information content (AvgIpc) is 3.35. The van der Waals surface area contributed by atoms with Gasteiger partial charge in [-0.25, -0.2) is 9.07 Å². The van der Waals surface area contributed by atoms with E-state index in [-0.39, 0.29) is 17.4 Å². The molecule has 0 spiro atoms. The molecule has 0 aliphatic carbocycles. The van der Waals surface area contributed by atoms with Crippen molar-refractivity contribution >= 4 is 10.9 Å². The summed E-state index contributed by atoms with van der Waals surface area (Å²) in [4.78, 5) is 18.5. The smallest absolute Gasteiger partial charge is 0.252 e. The van der Waals surface area contributed by atoms with Crippen molar-refractivity contribution in [3.8, 4) is 0 Å². The fourth-order valence-corrected chi connectivity index (χ4v) is 5.09. The van der Waals surface area contributed by atoms with E-state index in [0.717, 1.165) is 45.4 Å². The normalized spacial score (nSPS) is 12.3. The minimum absolute atomic E-state index is 0.118. The van der Waals surface area contributed by atoms with Crippen LogP contribution in [0.15, 0.2) is 77.6 Å². The number of nitrogens with one attached hydrogen (secondary N) is 1. The van der Waals surface area contributed by atoms with Crippen LogP contribution in [0, 0.1) is 19.7 Å². The van der Waals surface area contributed by atoms with Crippen LogP contribution >= 0.6 is 0 Å². The maximum atomic E-state index is 13.7. The van der Waals surface area contributed by atoms with Crippen LogP contribution in [0.1, 0.15) is 53.0 Å². The van der Waals surface area contributed by atoms with E-state index >= 15 is 0 Å². The molecular weight excluding hydrogens is 479 g/mol. The van der Waals surface area contributed by atoms with Crippen LogP contribution in [0.2, 0.25) is 0 Å². The van der Waals surface area contributed by atoms with Gasteiger partial charge in [-0.2, -0.15) is 0 Å². The lowest BCUT2D eigenvalue weighted by molar-refractivity contribution is 0.161. The van der Waals surface area contributed by atoms with Crippen LogP contribution in [0.5, 0.6) is 0 Å². The first-order chi connectivity index (χ1) is 18.4. The largest absolute Gasteiger partial charge is 0.321 e. The first-order valence-electron chi connectivity index (χ1n) is 12.8. The maximum absolute atomic E-state index is 13.7. The molecule has 7 nitrogen and oxygen atoms in total. The molecule has 0 aliphatic rings. The van der Waals surface area contributed by atoms with Gasteiger partial charge in [0, 0.05) is 18.7 Å². The van der Waals surface area contributed by atoms with E-state index < -0.39 is 0 Å². The van der Waals surface area contributed by atoms with Gasteiger partial charge in [-0.15, -0.1) is 5.10 Å². The number of hydrogen-bond acceptors (Lipinski definition) is 5. The third-order valence-corrected chi connectivity index (χ3v) is 6.90. The van der Waals surface area contributed by atoms with Crippen molar-refractivity contribution < 1.29 is 4.39 Å². The summed E-state index contributed by atoms with van der Waals surface area (Å²) in [7, 11) is 0. The number of pyridine rings is 1. The van der Waals surface area contributed by atoms with Gasteiger partial charge in [0.25, 0.3) is 5.56 Å². The van der Waals surface area contributed by atoms with Crippen molar-refractivity contribution in [3.05, 3.63) is 123 Å². The second-order valence-electron chi connectivity index (χ2n) is 9.81. The van der Waals surface area contributed by atoms with Gasteiger partial charge in [0.05, 0.1) is 18.1 Å². The average molecular weight is 511 g/mol. The topological polar surface area (TPSA) is 79.7 Å². The summed E-state index contributed by atoms with van der Waals surface area (Å²) >= 11 is 0. The Hall–Kier alpha value is -4.17. The van der Waals surface area contributed by atoms with Crippen molar-refractivity contribution in [3.63, 3.8) is 0 Å².